The van der Waals surface area contributed by atoms with E-state index in [1.807, 2.05) is 0 Å². The van der Waals surface area contributed by atoms with Gasteiger partial charge < -0.3 is 10.1 Å². The molecule has 3 N–H and O–H groups in total. The Morgan fingerprint density at radius 3 is 2.26 bits per heavy atom. The molecule has 1 amide bonds. The largest absolute Gasteiger partial charge is 0.379 e. The van der Waals surface area contributed by atoms with Gasteiger partial charge in [-0.2, -0.15) is 4.31 Å². The molecule has 1 aliphatic heterocycles. The SMILES string of the molecule is NS(=O)(=O)c1ccc(CCNC(=O)c2cc(S(=O)(=O)N3CCOCC3)ccc2F)cc1. The number of nitrogens with zero attached hydrogens (tertiary/aromatic N) is 1. The van der Waals surface area contributed by atoms with Gasteiger partial charge in [0.1, 0.15) is 5.82 Å². The van der Waals surface area contributed by atoms with Crippen LogP contribution in [0.2, 0.25) is 0 Å². The van der Waals surface area contributed by atoms with Crippen LogP contribution in [-0.4, -0.2) is 59.9 Å². The number of sulfonamides is 2. The number of amides is 1. The van der Waals surface area contributed by atoms with Crippen LogP contribution < -0.4 is 10.5 Å². The topological polar surface area (TPSA) is 136 Å². The minimum absolute atomic E-state index is 0.0272. The monoisotopic (exact) mass is 471 g/mol. The highest BCUT2D eigenvalue weighted by atomic mass is 32.2. The van der Waals surface area contributed by atoms with Crippen LogP contribution in [0.1, 0.15) is 15.9 Å². The number of nitrogens with two attached hydrogens (primary N) is 1. The molecule has 1 fully saturated rings. The Kier molecular flexibility index (Phi) is 7.06. The Morgan fingerprint density at radius 1 is 1.03 bits per heavy atom. The summed E-state index contributed by atoms with van der Waals surface area (Å²) < 4.78 is 68.6. The maximum absolute atomic E-state index is 14.2. The number of ether oxygens (including phenoxy) is 1. The second kappa shape index (κ2) is 9.40. The van der Waals surface area contributed by atoms with Gasteiger partial charge in [0.05, 0.1) is 28.6 Å². The maximum Gasteiger partial charge on any atom is 0.254 e. The zero-order chi connectivity index (χ0) is 22.6. The highest BCUT2D eigenvalue weighted by Gasteiger charge is 2.27. The van der Waals surface area contributed by atoms with Gasteiger partial charge in [-0.15, -0.1) is 0 Å². The molecule has 0 atom stereocenters. The van der Waals surface area contributed by atoms with E-state index in [1.54, 1.807) is 12.1 Å². The molecule has 0 unspecified atom stereocenters. The lowest BCUT2D eigenvalue weighted by Gasteiger charge is -2.26. The van der Waals surface area contributed by atoms with Crippen molar-refractivity contribution in [2.24, 2.45) is 5.14 Å². The second-order valence-electron chi connectivity index (χ2n) is 6.85. The molecule has 0 saturated carbocycles. The molecular formula is C19H22FN3O6S2. The maximum atomic E-state index is 14.2. The van der Waals surface area contributed by atoms with E-state index < -0.39 is 31.8 Å². The molecule has 2 aromatic rings. The summed E-state index contributed by atoms with van der Waals surface area (Å²) >= 11 is 0. The summed E-state index contributed by atoms with van der Waals surface area (Å²) in [5.74, 6) is -1.59. The summed E-state index contributed by atoms with van der Waals surface area (Å²) in [6.07, 6.45) is 0.351. The Morgan fingerprint density at radius 2 is 1.65 bits per heavy atom. The average molecular weight is 472 g/mol. The van der Waals surface area contributed by atoms with Gasteiger partial charge in [-0.25, -0.2) is 26.4 Å². The summed E-state index contributed by atoms with van der Waals surface area (Å²) in [5.41, 5.74) is 0.357. The molecule has 0 bridgehead atoms. The molecule has 12 heteroatoms. The van der Waals surface area contributed by atoms with Gasteiger partial charge in [0.2, 0.25) is 20.0 Å². The average Bonchev–Trinajstić information content (AvgIpc) is 2.74. The van der Waals surface area contributed by atoms with Crippen LogP contribution in [0.25, 0.3) is 0 Å². The third kappa shape index (κ3) is 5.66. The van der Waals surface area contributed by atoms with E-state index in [0.717, 1.165) is 23.8 Å². The van der Waals surface area contributed by atoms with E-state index in [0.29, 0.717) is 6.42 Å². The van der Waals surface area contributed by atoms with Crippen molar-refractivity contribution in [1.82, 2.24) is 9.62 Å². The number of morpholine rings is 1. The minimum Gasteiger partial charge on any atom is -0.379 e. The summed E-state index contributed by atoms with van der Waals surface area (Å²) in [5, 5.41) is 7.58. The number of primary sulfonamides is 1. The van der Waals surface area contributed by atoms with Crippen LogP contribution in [0.5, 0.6) is 0 Å². The fourth-order valence-corrected chi connectivity index (χ4v) is 4.99. The zero-order valence-electron chi connectivity index (χ0n) is 16.5. The molecule has 168 valence electrons. The van der Waals surface area contributed by atoms with Crippen LogP contribution in [0, 0.1) is 5.82 Å². The Labute approximate surface area is 180 Å². The predicted octanol–water partition coefficient (Wildman–Crippen LogP) is 0.467. The van der Waals surface area contributed by atoms with Gasteiger partial charge in [0, 0.05) is 19.6 Å². The zero-order valence-corrected chi connectivity index (χ0v) is 18.1. The third-order valence-corrected chi connectivity index (χ3v) is 7.57. The summed E-state index contributed by atoms with van der Waals surface area (Å²) in [6.45, 7) is 1.04. The van der Waals surface area contributed by atoms with Crippen molar-refractivity contribution >= 4 is 26.0 Å². The fraction of sp³-hybridized carbons (Fsp3) is 0.316. The van der Waals surface area contributed by atoms with Crippen LogP contribution in [0.15, 0.2) is 52.3 Å². The molecular weight excluding hydrogens is 449 g/mol. The van der Waals surface area contributed by atoms with Crippen molar-refractivity contribution in [1.29, 1.82) is 0 Å². The second-order valence-corrected chi connectivity index (χ2v) is 10.4. The number of carbonyl (C=O) groups excluding carboxylic acids is 1. The third-order valence-electron chi connectivity index (χ3n) is 4.74. The first-order valence-corrected chi connectivity index (χ1v) is 12.3. The van der Waals surface area contributed by atoms with Crippen molar-refractivity contribution < 1.29 is 30.8 Å². The van der Waals surface area contributed by atoms with Gasteiger partial charge >= 0.3 is 0 Å². The molecule has 0 aliphatic carbocycles. The molecule has 9 nitrogen and oxygen atoms in total. The highest BCUT2D eigenvalue weighted by molar-refractivity contribution is 7.89. The standard InChI is InChI=1S/C19H22FN3O6S2/c20-18-6-5-16(31(27,28)23-9-11-29-12-10-23)13-17(18)19(24)22-8-7-14-1-3-15(4-2-14)30(21,25)26/h1-6,13H,7-12H2,(H,22,24)(H2,21,25,26). The van der Waals surface area contributed by atoms with Crippen molar-refractivity contribution in [3.8, 4) is 0 Å². The molecule has 1 aliphatic rings. The number of hydrogen-bond acceptors (Lipinski definition) is 6. The van der Waals surface area contributed by atoms with E-state index in [-0.39, 0.29) is 48.2 Å². The van der Waals surface area contributed by atoms with Crippen molar-refractivity contribution in [3.05, 3.63) is 59.4 Å². The smallest absolute Gasteiger partial charge is 0.254 e. The number of nitrogens with one attached hydrogen (secondary N) is 1. The van der Waals surface area contributed by atoms with Crippen molar-refractivity contribution in [2.75, 3.05) is 32.8 Å². The van der Waals surface area contributed by atoms with Crippen molar-refractivity contribution in [3.63, 3.8) is 0 Å². The number of rotatable bonds is 7. The van der Waals surface area contributed by atoms with Gasteiger partial charge in [0.15, 0.2) is 0 Å². The Hall–Kier alpha value is -2.38. The van der Waals surface area contributed by atoms with E-state index in [4.69, 9.17) is 9.88 Å². The molecule has 2 aromatic carbocycles. The predicted molar refractivity (Wildman–Crippen MR) is 110 cm³/mol. The quantitative estimate of drug-likeness (QED) is 0.602. The Balaban J connectivity index is 1.67. The first-order valence-electron chi connectivity index (χ1n) is 9.36. The normalized spacial score (nSPS) is 15.5. The number of benzene rings is 2. The molecule has 1 heterocycles. The lowest BCUT2D eigenvalue weighted by Crippen LogP contribution is -2.40. The van der Waals surface area contributed by atoms with Crippen LogP contribution in [0.4, 0.5) is 4.39 Å². The summed E-state index contributed by atoms with van der Waals surface area (Å²) in [6, 6.07) is 8.93. The van der Waals surface area contributed by atoms with Gasteiger partial charge in [-0.1, -0.05) is 12.1 Å². The van der Waals surface area contributed by atoms with Gasteiger partial charge in [-0.05, 0) is 42.3 Å². The first kappa shape index (κ1) is 23.3. The summed E-state index contributed by atoms with van der Waals surface area (Å²) in [4.78, 5) is 12.2. The van der Waals surface area contributed by atoms with Crippen LogP contribution in [0.3, 0.4) is 0 Å². The first-order chi connectivity index (χ1) is 14.6. The molecule has 31 heavy (non-hydrogen) atoms. The molecule has 0 spiro atoms. The van der Waals surface area contributed by atoms with Crippen LogP contribution in [-0.2, 0) is 31.2 Å². The number of carbonyl (C=O) groups is 1. The lowest BCUT2D eigenvalue weighted by atomic mass is 10.1. The molecule has 0 radical (unpaired) electrons. The fourth-order valence-electron chi connectivity index (χ4n) is 3.04. The number of halogens is 1. The van der Waals surface area contributed by atoms with Gasteiger partial charge in [0.25, 0.3) is 5.91 Å². The molecule has 1 saturated heterocycles. The van der Waals surface area contributed by atoms with E-state index in [9.17, 15) is 26.0 Å². The molecule has 0 aromatic heterocycles. The minimum atomic E-state index is -3.87. The van der Waals surface area contributed by atoms with E-state index in [2.05, 4.69) is 5.32 Å². The lowest BCUT2D eigenvalue weighted by molar-refractivity contribution is 0.0730. The Bertz CT molecular complexity index is 1160. The highest BCUT2D eigenvalue weighted by Crippen LogP contribution is 2.20. The van der Waals surface area contributed by atoms with Gasteiger partial charge in [-0.3, -0.25) is 4.79 Å². The number of hydrogen-bond donors (Lipinski definition) is 2. The van der Waals surface area contributed by atoms with E-state index in [1.165, 1.54) is 16.4 Å². The molecule has 3 rings (SSSR count). The van der Waals surface area contributed by atoms with E-state index >= 15 is 0 Å². The summed E-state index contributed by atoms with van der Waals surface area (Å²) in [7, 11) is -7.66. The van der Waals surface area contributed by atoms with Crippen LogP contribution >= 0.6 is 0 Å². The van der Waals surface area contributed by atoms with Crippen molar-refractivity contribution in [2.45, 2.75) is 16.2 Å².